The summed E-state index contributed by atoms with van der Waals surface area (Å²) in [5, 5.41) is 0. The molecule has 0 unspecified atom stereocenters. The third-order valence-corrected chi connectivity index (χ3v) is 2.87. The van der Waals surface area contributed by atoms with Crippen molar-refractivity contribution in [2.75, 3.05) is 6.26 Å². The van der Waals surface area contributed by atoms with E-state index in [0.29, 0.717) is 16.6 Å². The van der Waals surface area contributed by atoms with Gasteiger partial charge >= 0.3 is 5.69 Å². The SMILES string of the molecule is CS(=O)(=O)Cc1ccc2[nH]c(=O)[nH]c2c1. The minimum Gasteiger partial charge on any atom is -0.306 e. The lowest BCUT2D eigenvalue weighted by Crippen LogP contribution is -2.00. The first-order chi connectivity index (χ1) is 6.94. The van der Waals surface area contributed by atoms with Crippen molar-refractivity contribution in [1.29, 1.82) is 0 Å². The molecule has 0 atom stereocenters. The highest BCUT2D eigenvalue weighted by Crippen LogP contribution is 2.12. The zero-order valence-electron chi connectivity index (χ0n) is 8.07. The van der Waals surface area contributed by atoms with E-state index in [1.165, 1.54) is 6.26 Å². The quantitative estimate of drug-likeness (QED) is 0.777. The number of fused-ring (bicyclic) bond motifs is 1. The molecule has 0 aliphatic rings. The Hall–Kier alpha value is -1.56. The molecular formula is C9H10N2O3S. The summed E-state index contributed by atoms with van der Waals surface area (Å²) < 4.78 is 22.1. The maximum Gasteiger partial charge on any atom is 0.323 e. The van der Waals surface area contributed by atoms with E-state index in [1.54, 1.807) is 18.2 Å². The Bertz CT molecular complexity index is 651. The van der Waals surface area contributed by atoms with Crippen molar-refractivity contribution in [2.45, 2.75) is 5.75 Å². The van der Waals surface area contributed by atoms with Gasteiger partial charge in [0.05, 0.1) is 16.8 Å². The van der Waals surface area contributed by atoms with E-state index < -0.39 is 9.84 Å². The number of imidazole rings is 1. The second-order valence-electron chi connectivity index (χ2n) is 3.53. The van der Waals surface area contributed by atoms with Crippen LogP contribution in [0, 0.1) is 0 Å². The van der Waals surface area contributed by atoms with Crippen LogP contribution in [0.15, 0.2) is 23.0 Å². The second kappa shape index (κ2) is 3.23. The van der Waals surface area contributed by atoms with Crippen LogP contribution < -0.4 is 5.69 Å². The molecule has 2 N–H and O–H groups in total. The van der Waals surface area contributed by atoms with Gasteiger partial charge in [0, 0.05) is 6.26 Å². The summed E-state index contributed by atoms with van der Waals surface area (Å²) in [6.45, 7) is 0. The molecule has 1 heterocycles. The van der Waals surface area contributed by atoms with Gasteiger partial charge in [-0.05, 0) is 17.7 Å². The highest BCUT2D eigenvalue weighted by atomic mass is 32.2. The monoisotopic (exact) mass is 226 g/mol. The van der Waals surface area contributed by atoms with E-state index in [4.69, 9.17) is 0 Å². The van der Waals surface area contributed by atoms with Gasteiger partial charge in [0.1, 0.15) is 0 Å². The Balaban J connectivity index is 2.51. The minimum atomic E-state index is -3.04. The van der Waals surface area contributed by atoms with Crippen LogP contribution in [0.3, 0.4) is 0 Å². The second-order valence-corrected chi connectivity index (χ2v) is 5.67. The van der Waals surface area contributed by atoms with Crippen molar-refractivity contribution in [3.63, 3.8) is 0 Å². The number of hydrogen-bond donors (Lipinski definition) is 2. The Labute approximate surface area is 86.1 Å². The lowest BCUT2D eigenvalue weighted by molar-refractivity contribution is 0.601. The van der Waals surface area contributed by atoms with E-state index in [1.807, 2.05) is 0 Å². The standard InChI is InChI=1S/C9H10N2O3S/c1-15(13,14)5-6-2-3-7-8(4-6)11-9(12)10-7/h2-4H,5H2,1H3,(H2,10,11,12). The zero-order valence-corrected chi connectivity index (χ0v) is 8.89. The van der Waals surface area contributed by atoms with E-state index in [9.17, 15) is 13.2 Å². The third kappa shape index (κ3) is 2.27. The van der Waals surface area contributed by atoms with Crippen molar-refractivity contribution in [3.05, 3.63) is 34.2 Å². The van der Waals surface area contributed by atoms with Crippen molar-refractivity contribution in [1.82, 2.24) is 9.97 Å². The largest absolute Gasteiger partial charge is 0.323 e. The van der Waals surface area contributed by atoms with Crippen LogP contribution >= 0.6 is 0 Å². The fourth-order valence-corrected chi connectivity index (χ4v) is 2.26. The van der Waals surface area contributed by atoms with Gasteiger partial charge < -0.3 is 9.97 Å². The lowest BCUT2D eigenvalue weighted by atomic mass is 10.2. The summed E-state index contributed by atoms with van der Waals surface area (Å²) in [6, 6.07) is 5.04. The minimum absolute atomic E-state index is 0.0177. The summed E-state index contributed by atoms with van der Waals surface area (Å²) in [6.07, 6.45) is 1.18. The molecule has 80 valence electrons. The average molecular weight is 226 g/mol. The number of rotatable bonds is 2. The molecule has 0 aliphatic carbocycles. The highest BCUT2D eigenvalue weighted by molar-refractivity contribution is 7.89. The first-order valence-corrected chi connectivity index (χ1v) is 6.39. The normalized spacial score (nSPS) is 12.1. The average Bonchev–Trinajstić information content (AvgIpc) is 2.40. The fourth-order valence-electron chi connectivity index (χ4n) is 1.47. The Morgan fingerprint density at radius 3 is 2.53 bits per heavy atom. The third-order valence-electron chi connectivity index (χ3n) is 2.01. The number of H-pyrrole nitrogens is 2. The van der Waals surface area contributed by atoms with Gasteiger partial charge in [0.25, 0.3) is 0 Å². The molecule has 1 aromatic heterocycles. The molecule has 0 spiro atoms. The lowest BCUT2D eigenvalue weighted by Gasteiger charge is -1.98. The molecule has 5 nitrogen and oxygen atoms in total. The maximum atomic E-state index is 11.1. The number of aromatic nitrogens is 2. The molecule has 0 fully saturated rings. The van der Waals surface area contributed by atoms with Gasteiger partial charge in [0.15, 0.2) is 9.84 Å². The van der Waals surface area contributed by atoms with Gasteiger partial charge in [-0.15, -0.1) is 0 Å². The zero-order chi connectivity index (χ0) is 11.1. The summed E-state index contributed by atoms with van der Waals surface area (Å²) in [7, 11) is -3.04. The Kier molecular flexibility index (Phi) is 2.15. The van der Waals surface area contributed by atoms with Crippen LogP contribution in [0.5, 0.6) is 0 Å². The number of nitrogens with one attached hydrogen (secondary N) is 2. The predicted octanol–water partition coefficient (Wildman–Crippen LogP) is 0.401. The van der Waals surface area contributed by atoms with Crippen LogP contribution in [0.2, 0.25) is 0 Å². The van der Waals surface area contributed by atoms with Crippen molar-refractivity contribution in [3.8, 4) is 0 Å². The first kappa shape index (κ1) is 9.97. The predicted molar refractivity (Wildman–Crippen MR) is 57.5 cm³/mol. The molecule has 15 heavy (non-hydrogen) atoms. The van der Waals surface area contributed by atoms with Crippen molar-refractivity contribution >= 4 is 20.9 Å². The smallest absolute Gasteiger partial charge is 0.306 e. The molecule has 0 saturated carbocycles. The topological polar surface area (TPSA) is 82.8 Å². The van der Waals surface area contributed by atoms with Gasteiger partial charge in [-0.1, -0.05) is 6.07 Å². The van der Waals surface area contributed by atoms with E-state index in [2.05, 4.69) is 9.97 Å². The Morgan fingerprint density at radius 2 is 1.87 bits per heavy atom. The molecule has 0 bridgehead atoms. The van der Waals surface area contributed by atoms with Crippen LogP contribution in [0.4, 0.5) is 0 Å². The molecule has 0 radical (unpaired) electrons. The number of hydrogen-bond acceptors (Lipinski definition) is 3. The van der Waals surface area contributed by atoms with Gasteiger partial charge in [-0.25, -0.2) is 13.2 Å². The Morgan fingerprint density at radius 1 is 1.20 bits per heavy atom. The van der Waals surface area contributed by atoms with Crippen molar-refractivity contribution < 1.29 is 8.42 Å². The van der Waals surface area contributed by atoms with E-state index in [-0.39, 0.29) is 11.4 Å². The van der Waals surface area contributed by atoms with Crippen LogP contribution in [0.25, 0.3) is 11.0 Å². The molecule has 2 aromatic rings. The number of aromatic amines is 2. The summed E-state index contributed by atoms with van der Waals surface area (Å²) in [5.41, 5.74) is 1.68. The molecule has 0 amide bonds. The van der Waals surface area contributed by atoms with Crippen LogP contribution in [-0.2, 0) is 15.6 Å². The van der Waals surface area contributed by atoms with E-state index >= 15 is 0 Å². The van der Waals surface area contributed by atoms with Gasteiger partial charge in [-0.3, -0.25) is 0 Å². The molecule has 2 rings (SSSR count). The van der Waals surface area contributed by atoms with E-state index in [0.717, 1.165) is 0 Å². The van der Waals surface area contributed by atoms with Crippen molar-refractivity contribution in [2.24, 2.45) is 0 Å². The number of benzene rings is 1. The van der Waals surface area contributed by atoms with Crippen LogP contribution in [-0.4, -0.2) is 24.6 Å². The van der Waals surface area contributed by atoms with Crippen LogP contribution in [0.1, 0.15) is 5.56 Å². The fraction of sp³-hybridized carbons (Fsp3) is 0.222. The molecule has 0 saturated heterocycles. The highest BCUT2D eigenvalue weighted by Gasteiger charge is 2.06. The summed E-state index contributed by atoms with van der Waals surface area (Å²) >= 11 is 0. The summed E-state index contributed by atoms with van der Waals surface area (Å²) in [5.74, 6) is -0.0177. The molecular weight excluding hydrogens is 216 g/mol. The summed E-state index contributed by atoms with van der Waals surface area (Å²) in [4.78, 5) is 16.1. The molecule has 6 heteroatoms. The first-order valence-electron chi connectivity index (χ1n) is 4.33. The maximum absolute atomic E-state index is 11.1. The molecule has 1 aromatic carbocycles. The molecule has 0 aliphatic heterocycles. The number of sulfone groups is 1. The van der Waals surface area contributed by atoms with Gasteiger partial charge in [0.2, 0.25) is 0 Å². The van der Waals surface area contributed by atoms with Gasteiger partial charge in [-0.2, -0.15) is 0 Å².